The molecule has 1 rings (SSSR count). The van der Waals surface area contributed by atoms with Gasteiger partial charge in [0.05, 0.1) is 6.61 Å². The molecule has 7 nitrogen and oxygen atoms in total. The second-order valence-electron chi connectivity index (χ2n) is 5.11. The number of hydrogen-bond acceptors (Lipinski definition) is 4. The zero-order valence-electron chi connectivity index (χ0n) is 14.5. The topological polar surface area (TPSA) is 66.7 Å². The Morgan fingerprint density at radius 1 is 1.35 bits per heavy atom. The van der Waals surface area contributed by atoms with Crippen LogP contribution in [0.2, 0.25) is 0 Å². The van der Waals surface area contributed by atoms with Gasteiger partial charge in [-0.05, 0) is 26.5 Å². The second-order valence-corrected chi connectivity index (χ2v) is 5.11. The Morgan fingerprint density at radius 3 is 2.83 bits per heavy atom. The summed E-state index contributed by atoms with van der Waals surface area (Å²) in [5.41, 5.74) is 0. The van der Waals surface area contributed by atoms with E-state index in [1.807, 2.05) is 16.9 Å². The highest BCUT2D eigenvalue weighted by atomic mass is 127. The van der Waals surface area contributed by atoms with E-state index in [9.17, 15) is 0 Å². The van der Waals surface area contributed by atoms with Crippen molar-refractivity contribution in [3.05, 3.63) is 18.5 Å². The Kier molecular flexibility index (Phi) is 14.1. The van der Waals surface area contributed by atoms with E-state index in [2.05, 4.69) is 39.6 Å². The summed E-state index contributed by atoms with van der Waals surface area (Å²) in [6, 6.07) is 1.94. The molecule has 1 aromatic heterocycles. The molecule has 1 heterocycles. The van der Waals surface area contributed by atoms with Crippen LogP contribution >= 0.6 is 24.0 Å². The van der Waals surface area contributed by atoms with E-state index >= 15 is 0 Å². The number of nitrogens with one attached hydrogen (secondary N) is 2. The van der Waals surface area contributed by atoms with E-state index < -0.39 is 0 Å². The molecule has 0 aliphatic rings. The fourth-order valence-electron chi connectivity index (χ4n) is 1.92. The average Bonchev–Trinajstić information content (AvgIpc) is 3.02. The van der Waals surface area contributed by atoms with Gasteiger partial charge in [-0.3, -0.25) is 9.67 Å². The number of hydrogen-bond donors (Lipinski definition) is 2. The number of guanidine groups is 1. The molecule has 0 saturated heterocycles. The highest BCUT2D eigenvalue weighted by Crippen LogP contribution is 1.90. The van der Waals surface area contributed by atoms with Crippen molar-refractivity contribution < 1.29 is 4.74 Å². The van der Waals surface area contributed by atoms with Gasteiger partial charge in [-0.15, -0.1) is 24.0 Å². The first kappa shape index (κ1) is 22.1. The lowest BCUT2D eigenvalue weighted by atomic mass is 10.4. The second kappa shape index (κ2) is 14.7. The third-order valence-corrected chi connectivity index (χ3v) is 3.18. The van der Waals surface area contributed by atoms with Crippen molar-refractivity contribution in [1.82, 2.24) is 25.3 Å². The molecule has 2 N–H and O–H groups in total. The fraction of sp³-hybridized carbons (Fsp3) is 0.733. The molecule has 0 spiro atoms. The van der Waals surface area contributed by atoms with Crippen LogP contribution in [0.5, 0.6) is 0 Å². The number of nitrogens with zero attached hydrogens (tertiary/aromatic N) is 4. The van der Waals surface area contributed by atoms with Crippen LogP contribution in [0.25, 0.3) is 0 Å². The van der Waals surface area contributed by atoms with Gasteiger partial charge in [0.25, 0.3) is 0 Å². The summed E-state index contributed by atoms with van der Waals surface area (Å²) in [6.45, 7) is 8.15. The Bertz CT molecular complexity index is 399. The molecular weight excluding hydrogens is 407 g/mol. The van der Waals surface area contributed by atoms with Crippen LogP contribution in [0.4, 0.5) is 0 Å². The Balaban J connectivity index is 0.00000484. The maximum absolute atomic E-state index is 5.07. The van der Waals surface area contributed by atoms with Gasteiger partial charge in [0.2, 0.25) is 0 Å². The van der Waals surface area contributed by atoms with Gasteiger partial charge < -0.3 is 20.3 Å². The van der Waals surface area contributed by atoms with Gasteiger partial charge >= 0.3 is 0 Å². The van der Waals surface area contributed by atoms with Gasteiger partial charge in [-0.25, -0.2) is 0 Å². The molecule has 0 bridgehead atoms. The van der Waals surface area contributed by atoms with Crippen LogP contribution in [-0.2, 0) is 11.3 Å². The van der Waals surface area contributed by atoms with E-state index in [0.29, 0.717) is 0 Å². The minimum Gasteiger partial charge on any atom is -0.383 e. The predicted molar refractivity (Wildman–Crippen MR) is 106 cm³/mol. The van der Waals surface area contributed by atoms with Crippen LogP contribution in [-0.4, -0.2) is 74.1 Å². The maximum Gasteiger partial charge on any atom is 0.191 e. The number of likely N-dealkylation sites (N-methyl/N-ethyl adjacent to an activating group) is 1. The molecule has 134 valence electrons. The predicted octanol–water partition coefficient (Wildman–Crippen LogP) is 1.02. The van der Waals surface area contributed by atoms with Crippen LogP contribution < -0.4 is 10.6 Å². The number of rotatable bonds is 11. The molecule has 1 aromatic rings. The first-order valence-electron chi connectivity index (χ1n) is 7.93. The molecule has 0 fully saturated rings. The van der Waals surface area contributed by atoms with E-state index in [4.69, 9.17) is 4.74 Å². The third-order valence-electron chi connectivity index (χ3n) is 3.18. The molecule has 0 aliphatic carbocycles. The standard InChI is InChI=1S/C15H30N6O.HI/c1-4-16-15(18-9-12-20(2)13-14-22-3)17-7-5-10-21-11-6-8-19-21;/h6,8,11H,4-5,7,9-10,12-14H2,1-3H3,(H2,16,17,18);1H. The minimum atomic E-state index is 0. The Morgan fingerprint density at radius 2 is 2.17 bits per heavy atom. The summed E-state index contributed by atoms with van der Waals surface area (Å²) in [4.78, 5) is 6.82. The highest BCUT2D eigenvalue weighted by Gasteiger charge is 2.00. The largest absolute Gasteiger partial charge is 0.383 e. The lowest BCUT2D eigenvalue weighted by Gasteiger charge is -2.17. The normalized spacial score (nSPS) is 11.4. The number of methoxy groups -OCH3 is 1. The quantitative estimate of drug-likeness (QED) is 0.234. The van der Waals surface area contributed by atoms with E-state index in [1.54, 1.807) is 13.3 Å². The van der Waals surface area contributed by atoms with Gasteiger partial charge in [0.15, 0.2) is 5.96 Å². The third kappa shape index (κ3) is 11.3. The van der Waals surface area contributed by atoms with Crippen molar-refractivity contribution in [3.8, 4) is 0 Å². The Labute approximate surface area is 156 Å². The first-order valence-corrected chi connectivity index (χ1v) is 7.93. The molecule has 0 radical (unpaired) electrons. The fourth-order valence-corrected chi connectivity index (χ4v) is 1.92. The van der Waals surface area contributed by atoms with Crippen molar-refractivity contribution in [1.29, 1.82) is 0 Å². The zero-order valence-corrected chi connectivity index (χ0v) is 16.8. The van der Waals surface area contributed by atoms with Crippen molar-refractivity contribution in [2.75, 3.05) is 53.5 Å². The molecule has 0 aliphatic heterocycles. The molecule has 0 amide bonds. The number of aliphatic imine (C=N–C) groups is 1. The molecule has 0 atom stereocenters. The lowest BCUT2D eigenvalue weighted by Crippen LogP contribution is -2.41. The summed E-state index contributed by atoms with van der Waals surface area (Å²) in [5, 5.41) is 10.8. The lowest BCUT2D eigenvalue weighted by molar-refractivity contribution is 0.162. The molecule has 23 heavy (non-hydrogen) atoms. The van der Waals surface area contributed by atoms with E-state index in [0.717, 1.165) is 58.3 Å². The SMILES string of the molecule is CCNC(=NCCCn1cccn1)NCCN(C)CCOC.I. The monoisotopic (exact) mass is 438 g/mol. The first-order chi connectivity index (χ1) is 10.8. The van der Waals surface area contributed by atoms with Crippen LogP contribution in [0, 0.1) is 0 Å². The summed E-state index contributed by atoms with van der Waals surface area (Å²) in [5.74, 6) is 0.878. The summed E-state index contributed by atoms with van der Waals surface area (Å²) in [7, 11) is 3.82. The number of aryl methyl sites for hydroxylation is 1. The van der Waals surface area contributed by atoms with Gasteiger partial charge in [-0.1, -0.05) is 0 Å². The zero-order chi connectivity index (χ0) is 16.0. The van der Waals surface area contributed by atoms with E-state index in [-0.39, 0.29) is 24.0 Å². The summed E-state index contributed by atoms with van der Waals surface area (Å²) < 4.78 is 7.00. The van der Waals surface area contributed by atoms with Crippen LogP contribution in [0.1, 0.15) is 13.3 Å². The smallest absolute Gasteiger partial charge is 0.191 e. The molecular formula is C15H31IN6O. The van der Waals surface area contributed by atoms with Gasteiger partial charge in [0, 0.05) is 58.8 Å². The highest BCUT2D eigenvalue weighted by molar-refractivity contribution is 14.0. The summed E-state index contributed by atoms with van der Waals surface area (Å²) in [6.07, 6.45) is 4.75. The number of ether oxygens (including phenoxy) is 1. The van der Waals surface area contributed by atoms with Crippen molar-refractivity contribution in [2.24, 2.45) is 4.99 Å². The Hall–Kier alpha value is -0.870. The van der Waals surface area contributed by atoms with Gasteiger partial charge in [0.1, 0.15) is 0 Å². The van der Waals surface area contributed by atoms with Crippen molar-refractivity contribution >= 4 is 29.9 Å². The summed E-state index contributed by atoms with van der Waals surface area (Å²) >= 11 is 0. The van der Waals surface area contributed by atoms with E-state index in [1.165, 1.54) is 0 Å². The molecule has 0 aromatic carbocycles. The number of halogens is 1. The van der Waals surface area contributed by atoms with Crippen LogP contribution in [0.3, 0.4) is 0 Å². The van der Waals surface area contributed by atoms with Gasteiger partial charge in [-0.2, -0.15) is 5.10 Å². The maximum atomic E-state index is 5.07. The molecule has 0 unspecified atom stereocenters. The van der Waals surface area contributed by atoms with Crippen molar-refractivity contribution in [2.45, 2.75) is 19.9 Å². The van der Waals surface area contributed by atoms with Crippen molar-refractivity contribution in [3.63, 3.8) is 0 Å². The van der Waals surface area contributed by atoms with Crippen LogP contribution in [0.15, 0.2) is 23.5 Å². The number of aromatic nitrogens is 2. The molecule has 0 saturated carbocycles. The minimum absolute atomic E-state index is 0. The molecule has 8 heteroatoms. The average molecular weight is 438 g/mol.